The largest absolute Gasteiger partial charge is 0.480 e. The van der Waals surface area contributed by atoms with Gasteiger partial charge in [-0.05, 0) is 31.0 Å². The number of carboxylic acids is 2. The van der Waals surface area contributed by atoms with E-state index in [4.69, 9.17) is 10.8 Å². The summed E-state index contributed by atoms with van der Waals surface area (Å²) in [5, 5.41) is 19.3. The molecule has 1 aromatic heterocycles. The highest BCUT2D eigenvalue weighted by atomic mass is 19.1. The molecule has 0 spiro atoms. The summed E-state index contributed by atoms with van der Waals surface area (Å²) in [4.78, 5) is 36.3. The van der Waals surface area contributed by atoms with Gasteiger partial charge < -0.3 is 20.5 Å². The molecule has 4 N–H and O–H groups in total. The van der Waals surface area contributed by atoms with Gasteiger partial charge in [-0.25, -0.2) is 4.39 Å². The quantitative estimate of drug-likeness (QED) is 0.701. The summed E-state index contributed by atoms with van der Waals surface area (Å²) in [5.74, 6) is -3.48. The fourth-order valence-electron chi connectivity index (χ4n) is 3.65. The van der Waals surface area contributed by atoms with Gasteiger partial charge in [-0.3, -0.25) is 19.3 Å². The number of nitrogens with two attached hydrogens (primary N) is 1. The predicted molar refractivity (Wildman–Crippen MR) is 88.8 cm³/mol. The Kier molecular flexibility index (Phi) is 4.64. The van der Waals surface area contributed by atoms with Crippen LogP contribution in [0.15, 0.2) is 24.4 Å². The van der Waals surface area contributed by atoms with E-state index in [1.54, 1.807) is 0 Å². The minimum atomic E-state index is -1.18. The molecule has 1 aromatic carbocycles. The summed E-state index contributed by atoms with van der Waals surface area (Å²) < 4.78 is 14.9. The number of carbonyl (C=O) groups excluding carboxylic acids is 1. The van der Waals surface area contributed by atoms with Gasteiger partial charge in [0.05, 0.1) is 11.6 Å². The van der Waals surface area contributed by atoms with E-state index in [9.17, 15) is 23.9 Å². The van der Waals surface area contributed by atoms with Gasteiger partial charge in [0, 0.05) is 23.7 Å². The normalized spacial score (nSPS) is 18.9. The van der Waals surface area contributed by atoms with Gasteiger partial charge in [0.25, 0.3) is 0 Å². The average molecular weight is 363 g/mol. The number of amides is 1. The number of primary amides is 1. The third-order valence-electron chi connectivity index (χ3n) is 4.66. The summed E-state index contributed by atoms with van der Waals surface area (Å²) in [6.07, 6.45) is 2.48. The zero-order valence-electron chi connectivity index (χ0n) is 13.8. The molecule has 138 valence electrons. The van der Waals surface area contributed by atoms with Crippen LogP contribution in [0.3, 0.4) is 0 Å². The zero-order chi connectivity index (χ0) is 19.0. The molecule has 2 atom stereocenters. The highest BCUT2D eigenvalue weighted by Gasteiger charge is 2.40. The minimum absolute atomic E-state index is 0.281. The summed E-state index contributed by atoms with van der Waals surface area (Å²) in [5.41, 5.74) is 5.99. The van der Waals surface area contributed by atoms with E-state index in [0.29, 0.717) is 30.3 Å². The van der Waals surface area contributed by atoms with Crippen molar-refractivity contribution in [1.29, 1.82) is 0 Å². The first kappa shape index (κ1) is 17.9. The second-order valence-electron chi connectivity index (χ2n) is 6.31. The van der Waals surface area contributed by atoms with Gasteiger partial charge in [0.1, 0.15) is 18.4 Å². The van der Waals surface area contributed by atoms with Gasteiger partial charge in [0.15, 0.2) is 0 Å². The van der Waals surface area contributed by atoms with Crippen LogP contribution in [0.4, 0.5) is 4.39 Å². The number of aliphatic carboxylic acids is 2. The van der Waals surface area contributed by atoms with Crippen molar-refractivity contribution >= 4 is 28.7 Å². The van der Waals surface area contributed by atoms with Gasteiger partial charge in [-0.1, -0.05) is 0 Å². The Balaban J connectivity index is 2.16. The first-order valence-electron chi connectivity index (χ1n) is 8.07. The number of carbonyl (C=O) groups is 3. The van der Waals surface area contributed by atoms with Crippen LogP contribution >= 0.6 is 0 Å². The molecular formula is C17H18FN3O5. The highest BCUT2D eigenvalue weighted by Crippen LogP contribution is 2.35. The Labute approximate surface area is 147 Å². The van der Waals surface area contributed by atoms with Crippen molar-refractivity contribution < 1.29 is 29.0 Å². The van der Waals surface area contributed by atoms with Crippen molar-refractivity contribution in [2.45, 2.75) is 31.5 Å². The molecule has 0 aliphatic carbocycles. The predicted octanol–water partition coefficient (Wildman–Crippen LogP) is 0.940. The Morgan fingerprint density at radius 3 is 2.65 bits per heavy atom. The third-order valence-corrected chi connectivity index (χ3v) is 4.66. The van der Waals surface area contributed by atoms with Crippen molar-refractivity contribution in [3.63, 3.8) is 0 Å². The molecule has 1 unspecified atom stereocenters. The van der Waals surface area contributed by atoms with Crippen LogP contribution in [0, 0.1) is 5.82 Å². The van der Waals surface area contributed by atoms with Crippen LogP contribution in [-0.2, 0) is 20.9 Å². The van der Waals surface area contributed by atoms with Gasteiger partial charge in [0.2, 0.25) is 5.91 Å². The van der Waals surface area contributed by atoms with Crippen molar-refractivity contribution in [3.05, 3.63) is 35.8 Å². The SMILES string of the molecule is NC(=O)[C@@H]1CCCN1C(C(=O)O)c1cn(CC(=O)O)c2cc(F)ccc12. The summed E-state index contributed by atoms with van der Waals surface area (Å²) >= 11 is 0. The molecule has 8 nitrogen and oxygen atoms in total. The third kappa shape index (κ3) is 3.13. The van der Waals surface area contributed by atoms with Crippen LogP contribution < -0.4 is 5.73 Å². The molecule has 0 saturated carbocycles. The maximum Gasteiger partial charge on any atom is 0.325 e. The number of fused-ring (bicyclic) bond motifs is 1. The monoisotopic (exact) mass is 363 g/mol. The van der Waals surface area contributed by atoms with E-state index in [0.717, 1.165) is 6.07 Å². The molecule has 3 rings (SSSR count). The highest BCUT2D eigenvalue weighted by molar-refractivity contribution is 5.91. The molecule has 0 radical (unpaired) electrons. The number of hydrogen-bond acceptors (Lipinski definition) is 4. The van der Waals surface area contributed by atoms with E-state index >= 15 is 0 Å². The molecule has 1 amide bonds. The van der Waals surface area contributed by atoms with Gasteiger partial charge in [-0.2, -0.15) is 0 Å². The maximum absolute atomic E-state index is 13.6. The fourth-order valence-corrected chi connectivity index (χ4v) is 3.65. The van der Waals surface area contributed by atoms with Crippen molar-refractivity contribution in [1.82, 2.24) is 9.47 Å². The molecule has 9 heteroatoms. The molecule has 26 heavy (non-hydrogen) atoms. The number of hydrogen-bond donors (Lipinski definition) is 3. The van der Waals surface area contributed by atoms with Crippen LogP contribution in [0.5, 0.6) is 0 Å². The number of nitrogens with zero attached hydrogens (tertiary/aromatic N) is 2. The van der Waals surface area contributed by atoms with Crippen LogP contribution in [0.1, 0.15) is 24.4 Å². The van der Waals surface area contributed by atoms with Crippen LogP contribution in [0.25, 0.3) is 10.9 Å². The maximum atomic E-state index is 13.6. The lowest BCUT2D eigenvalue weighted by Gasteiger charge is -2.28. The Morgan fingerprint density at radius 1 is 1.31 bits per heavy atom. The Bertz CT molecular complexity index is 894. The first-order chi connectivity index (χ1) is 12.3. The van der Waals surface area contributed by atoms with Gasteiger partial charge >= 0.3 is 11.9 Å². The van der Waals surface area contributed by atoms with Crippen LogP contribution in [0.2, 0.25) is 0 Å². The standard InChI is InChI=1S/C17H18FN3O5/c18-9-3-4-10-11(7-20(8-14(22)23)13(10)6-9)15(17(25)26)21-5-1-2-12(21)16(19)24/h3-4,6-7,12,15H,1-2,5,8H2,(H2,19,24)(H,22,23)(H,25,26)/t12-,15?/m0/s1. The number of carboxylic acid groups (broad SMARTS) is 2. The summed E-state index contributed by atoms with van der Waals surface area (Å²) in [6, 6.07) is 1.87. The van der Waals surface area contributed by atoms with E-state index in [1.807, 2.05) is 0 Å². The summed E-state index contributed by atoms with van der Waals surface area (Å²) in [7, 11) is 0. The molecule has 2 heterocycles. The van der Waals surface area contributed by atoms with E-state index in [2.05, 4.69) is 0 Å². The van der Waals surface area contributed by atoms with Gasteiger partial charge in [-0.15, -0.1) is 0 Å². The minimum Gasteiger partial charge on any atom is -0.480 e. The number of benzene rings is 1. The molecular weight excluding hydrogens is 345 g/mol. The number of rotatable bonds is 6. The lowest BCUT2D eigenvalue weighted by Crippen LogP contribution is -2.44. The molecule has 1 aliphatic rings. The number of halogens is 1. The zero-order valence-corrected chi connectivity index (χ0v) is 13.8. The molecule has 0 bridgehead atoms. The van der Waals surface area contributed by atoms with Crippen molar-refractivity contribution in [2.24, 2.45) is 5.73 Å². The number of aromatic nitrogens is 1. The second-order valence-corrected chi connectivity index (χ2v) is 6.31. The second kappa shape index (κ2) is 6.75. The molecule has 2 aromatic rings. The van der Waals surface area contributed by atoms with Crippen molar-refractivity contribution in [3.8, 4) is 0 Å². The lowest BCUT2D eigenvalue weighted by atomic mass is 10.0. The topological polar surface area (TPSA) is 126 Å². The fraction of sp³-hybridized carbons (Fsp3) is 0.353. The molecule has 1 saturated heterocycles. The van der Waals surface area contributed by atoms with E-state index in [1.165, 1.54) is 27.8 Å². The smallest absolute Gasteiger partial charge is 0.325 e. The first-order valence-corrected chi connectivity index (χ1v) is 8.07. The van der Waals surface area contributed by atoms with Crippen molar-refractivity contribution in [2.75, 3.05) is 6.54 Å². The Morgan fingerprint density at radius 2 is 2.04 bits per heavy atom. The summed E-state index contributed by atoms with van der Waals surface area (Å²) in [6.45, 7) is -0.0666. The number of likely N-dealkylation sites (tertiary alicyclic amines) is 1. The Hall–Kier alpha value is -2.94. The van der Waals surface area contributed by atoms with E-state index in [-0.39, 0.29) is 5.52 Å². The molecule has 1 aliphatic heterocycles. The molecule has 1 fully saturated rings. The van der Waals surface area contributed by atoms with E-state index < -0.39 is 42.3 Å². The average Bonchev–Trinajstić information content (AvgIpc) is 3.13. The lowest BCUT2D eigenvalue weighted by molar-refractivity contribution is -0.144. The van der Waals surface area contributed by atoms with Crippen LogP contribution in [-0.4, -0.2) is 50.1 Å².